The van der Waals surface area contributed by atoms with Crippen molar-refractivity contribution in [2.24, 2.45) is 0 Å². The number of esters is 1. The van der Waals surface area contributed by atoms with Gasteiger partial charge in [0.2, 0.25) is 0 Å². The van der Waals surface area contributed by atoms with Gasteiger partial charge in [-0.25, -0.2) is 4.79 Å². The standard InChI is InChI=1S/C24H20ClN3O6S/c1-4-34-24(31)20-16-12-35-22(26-21(29)13-5-10-17(32-2)18(11-13)33-3)19(16)23(30)28(27-20)15-8-6-14(25)7-9-15/h5-12H,4H2,1-3H3,(H,26,29). The number of amides is 1. The molecule has 4 rings (SSSR count). The Hall–Kier alpha value is -3.89. The number of carbonyl (C=O) groups is 2. The number of anilines is 1. The zero-order valence-electron chi connectivity index (χ0n) is 19.0. The first-order valence-corrected chi connectivity index (χ1v) is 11.6. The number of ether oxygens (including phenoxy) is 3. The van der Waals surface area contributed by atoms with E-state index in [-0.39, 0.29) is 28.1 Å². The summed E-state index contributed by atoms with van der Waals surface area (Å²) in [5.41, 5.74) is 0.135. The lowest BCUT2D eigenvalue weighted by Crippen LogP contribution is -2.25. The summed E-state index contributed by atoms with van der Waals surface area (Å²) in [6, 6.07) is 11.1. The molecule has 0 aliphatic heterocycles. The predicted octanol–water partition coefficient (Wildman–Crippen LogP) is 4.55. The number of thiophene rings is 1. The average molecular weight is 514 g/mol. The van der Waals surface area contributed by atoms with Gasteiger partial charge in [0.1, 0.15) is 5.00 Å². The molecule has 0 spiro atoms. The van der Waals surface area contributed by atoms with Gasteiger partial charge in [-0.15, -0.1) is 11.3 Å². The van der Waals surface area contributed by atoms with Gasteiger partial charge in [0.15, 0.2) is 17.2 Å². The first-order valence-electron chi connectivity index (χ1n) is 10.4. The van der Waals surface area contributed by atoms with Crippen molar-refractivity contribution in [2.45, 2.75) is 6.92 Å². The predicted molar refractivity (Wildman–Crippen MR) is 134 cm³/mol. The highest BCUT2D eigenvalue weighted by Gasteiger charge is 2.23. The number of methoxy groups -OCH3 is 2. The second-order valence-corrected chi connectivity index (χ2v) is 8.46. The Morgan fingerprint density at radius 1 is 1.09 bits per heavy atom. The Bertz CT molecular complexity index is 1480. The quantitative estimate of drug-likeness (QED) is 0.361. The maximum atomic E-state index is 13.5. The Morgan fingerprint density at radius 3 is 2.46 bits per heavy atom. The molecule has 1 amide bonds. The molecular weight excluding hydrogens is 494 g/mol. The molecule has 0 aliphatic carbocycles. The maximum absolute atomic E-state index is 13.5. The molecule has 9 nitrogen and oxygen atoms in total. The SMILES string of the molecule is CCOC(=O)c1nn(-c2ccc(Cl)cc2)c(=O)c2c(NC(=O)c3ccc(OC)c(OC)c3)scc12. The van der Waals surface area contributed by atoms with Gasteiger partial charge in [-0.05, 0) is 49.4 Å². The fraction of sp³-hybridized carbons (Fsp3) is 0.167. The van der Waals surface area contributed by atoms with Crippen LogP contribution in [0.1, 0.15) is 27.8 Å². The van der Waals surface area contributed by atoms with E-state index in [1.807, 2.05) is 0 Å². The Kier molecular flexibility index (Phi) is 7.04. The smallest absolute Gasteiger partial charge is 0.359 e. The third kappa shape index (κ3) is 4.71. The van der Waals surface area contributed by atoms with E-state index in [2.05, 4.69) is 10.4 Å². The van der Waals surface area contributed by atoms with Crippen LogP contribution in [0, 0.1) is 0 Å². The second kappa shape index (κ2) is 10.2. The molecule has 0 bridgehead atoms. The average Bonchev–Trinajstić information content (AvgIpc) is 3.28. The number of rotatable bonds is 7. The maximum Gasteiger partial charge on any atom is 0.359 e. The molecule has 35 heavy (non-hydrogen) atoms. The third-order valence-electron chi connectivity index (χ3n) is 5.07. The van der Waals surface area contributed by atoms with Gasteiger partial charge in [0, 0.05) is 21.4 Å². The van der Waals surface area contributed by atoms with Crippen molar-refractivity contribution in [1.29, 1.82) is 0 Å². The van der Waals surface area contributed by atoms with Crippen LogP contribution < -0.4 is 20.3 Å². The minimum atomic E-state index is -0.684. The van der Waals surface area contributed by atoms with Gasteiger partial charge in [-0.1, -0.05) is 11.6 Å². The highest BCUT2D eigenvalue weighted by molar-refractivity contribution is 7.16. The molecule has 2 aromatic heterocycles. The van der Waals surface area contributed by atoms with Crippen molar-refractivity contribution in [3.63, 3.8) is 0 Å². The van der Waals surface area contributed by atoms with Crippen LogP contribution in [0.4, 0.5) is 5.00 Å². The van der Waals surface area contributed by atoms with Gasteiger partial charge in [-0.3, -0.25) is 9.59 Å². The van der Waals surface area contributed by atoms with E-state index in [9.17, 15) is 14.4 Å². The van der Waals surface area contributed by atoms with Crippen molar-refractivity contribution < 1.29 is 23.8 Å². The highest BCUT2D eigenvalue weighted by Crippen LogP contribution is 2.32. The number of carbonyl (C=O) groups excluding carboxylic acids is 2. The van der Waals surface area contributed by atoms with Crippen LogP contribution in [-0.4, -0.2) is 42.5 Å². The number of nitrogens with one attached hydrogen (secondary N) is 1. The summed E-state index contributed by atoms with van der Waals surface area (Å²) >= 11 is 7.08. The molecule has 0 radical (unpaired) electrons. The summed E-state index contributed by atoms with van der Waals surface area (Å²) in [5, 5.41) is 9.78. The minimum Gasteiger partial charge on any atom is -0.493 e. The highest BCUT2D eigenvalue weighted by atomic mass is 35.5. The minimum absolute atomic E-state index is 0.0423. The van der Waals surface area contributed by atoms with E-state index in [4.69, 9.17) is 25.8 Å². The largest absolute Gasteiger partial charge is 0.493 e. The fourth-order valence-electron chi connectivity index (χ4n) is 3.40. The Morgan fingerprint density at radius 2 is 1.80 bits per heavy atom. The molecule has 0 saturated carbocycles. The van der Waals surface area contributed by atoms with Gasteiger partial charge in [0.25, 0.3) is 11.5 Å². The summed E-state index contributed by atoms with van der Waals surface area (Å²) < 4.78 is 16.7. The van der Waals surface area contributed by atoms with Crippen LogP contribution in [0.2, 0.25) is 5.02 Å². The molecular formula is C24H20ClN3O6S. The van der Waals surface area contributed by atoms with Crippen molar-refractivity contribution >= 4 is 50.6 Å². The zero-order valence-corrected chi connectivity index (χ0v) is 20.5. The lowest BCUT2D eigenvalue weighted by Gasteiger charge is -2.11. The van der Waals surface area contributed by atoms with Gasteiger partial charge in [-0.2, -0.15) is 9.78 Å². The topological polar surface area (TPSA) is 109 Å². The van der Waals surface area contributed by atoms with Crippen LogP contribution in [0.15, 0.2) is 52.6 Å². The van der Waals surface area contributed by atoms with E-state index in [0.717, 1.165) is 16.0 Å². The van der Waals surface area contributed by atoms with Gasteiger partial charge in [0.05, 0.1) is 31.9 Å². The molecule has 0 aliphatic rings. The lowest BCUT2D eigenvalue weighted by atomic mass is 10.1. The van der Waals surface area contributed by atoms with Crippen LogP contribution >= 0.6 is 22.9 Å². The van der Waals surface area contributed by atoms with E-state index in [0.29, 0.717) is 27.8 Å². The van der Waals surface area contributed by atoms with Gasteiger partial charge >= 0.3 is 5.97 Å². The molecule has 0 fully saturated rings. The molecule has 1 N–H and O–H groups in total. The molecule has 180 valence electrons. The number of hydrogen-bond acceptors (Lipinski definition) is 8. The molecule has 0 unspecified atom stereocenters. The van der Waals surface area contributed by atoms with E-state index >= 15 is 0 Å². The van der Waals surface area contributed by atoms with E-state index in [1.54, 1.807) is 48.7 Å². The number of benzene rings is 2. The molecule has 2 heterocycles. The molecule has 0 saturated heterocycles. The summed E-state index contributed by atoms with van der Waals surface area (Å²) in [5.74, 6) is -0.297. The van der Waals surface area contributed by atoms with Crippen LogP contribution in [0.25, 0.3) is 16.5 Å². The first kappa shape index (κ1) is 24.2. The fourth-order valence-corrected chi connectivity index (χ4v) is 4.46. The van der Waals surface area contributed by atoms with E-state index < -0.39 is 17.4 Å². The number of fused-ring (bicyclic) bond motifs is 1. The zero-order chi connectivity index (χ0) is 25.1. The van der Waals surface area contributed by atoms with Crippen LogP contribution in [-0.2, 0) is 4.74 Å². The molecule has 0 atom stereocenters. The molecule has 11 heteroatoms. The normalized spacial score (nSPS) is 10.7. The number of halogens is 1. The summed E-state index contributed by atoms with van der Waals surface area (Å²) in [4.78, 5) is 39.1. The van der Waals surface area contributed by atoms with Crippen LogP contribution in [0.3, 0.4) is 0 Å². The first-order chi connectivity index (χ1) is 16.9. The summed E-state index contributed by atoms with van der Waals surface area (Å²) in [6.45, 7) is 1.81. The summed E-state index contributed by atoms with van der Waals surface area (Å²) in [7, 11) is 2.96. The van der Waals surface area contributed by atoms with Crippen molar-refractivity contribution in [1.82, 2.24) is 9.78 Å². The molecule has 4 aromatic rings. The van der Waals surface area contributed by atoms with Crippen molar-refractivity contribution in [3.8, 4) is 17.2 Å². The van der Waals surface area contributed by atoms with Crippen molar-refractivity contribution in [3.05, 3.63) is 74.5 Å². The lowest BCUT2D eigenvalue weighted by molar-refractivity contribution is 0.0520. The monoisotopic (exact) mass is 513 g/mol. The number of aromatic nitrogens is 2. The van der Waals surface area contributed by atoms with Crippen molar-refractivity contribution in [2.75, 3.05) is 26.1 Å². The number of nitrogens with zero attached hydrogens (tertiary/aromatic N) is 2. The van der Waals surface area contributed by atoms with E-state index in [1.165, 1.54) is 20.3 Å². The second-order valence-electron chi connectivity index (χ2n) is 7.14. The van der Waals surface area contributed by atoms with Gasteiger partial charge < -0.3 is 19.5 Å². The Balaban J connectivity index is 1.83. The summed E-state index contributed by atoms with van der Waals surface area (Å²) in [6.07, 6.45) is 0. The van der Waals surface area contributed by atoms with Crippen LogP contribution in [0.5, 0.6) is 11.5 Å². The Labute approximate surface area is 208 Å². The molecule has 2 aromatic carbocycles. The third-order valence-corrected chi connectivity index (χ3v) is 6.21. The number of hydrogen-bond donors (Lipinski definition) is 1.